The summed E-state index contributed by atoms with van der Waals surface area (Å²) in [5.41, 5.74) is 1.44. The van der Waals surface area contributed by atoms with E-state index in [1.165, 1.54) is 17.0 Å². The van der Waals surface area contributed by atoms with E-state index >= 15 is 0 Å². The number of hydrogen-bond acceptors (Lipinski definition) is 5. The summed E-state index contributed by atoms with van der Waals surface area (Å²) in [5, 5.41) is 14.0. The maximum absolute atomic E-state index is 12.2. The predicted molar refractivity (Wildman–Crippen MR) is 84.5 cm³/mol. The van der Waals surface area contributed by atoms with E-state index in [4.69, 9.17) is 10.4 Å². The van der Waals surface area contributed by atoms with Gasteiger partial charge >= 0.3 is 0 Å². The number of fused-ring (bicyclic) bond motifs is 1. The van der Waals surface area contributed by atoms with Gasteiger partial charge in [-0.25, -0.2) is 13.6 Å². The second kappa shape index (κ2) is 5.56. The SMILES string of the molecule is N#Cc1cccc(CN2C(=O)C(=O)c3cc(S(N)(=O)=O)ccc32)c1. The molecule has 0 saturated heterocycles. The van der Waals surface area contributed by atoms with Gasteiger partial charge in [0.1, 0.15) is 0 Å². The van der Waals surface area contributed by atoms with Gasteiger partial charge < -0.3 is 4.90 Å². The van der Waals surface area contributed by atoms with Crippen molar-refractivity contribution in [2.45, 2.75) is 11.4 Å². The van der Waals surface area contributed by atoms with Gasteiger partial charge in [-0.1, -0.05) is 12.1 Å². The number of nitriles is 1. The largest absolute Gasteiger partial charge is 0.300 e. The molecule has 2 N–H and O–H groups in total. The van der Waals surface area contributed by atoms with Crippen LogP contribution >= 0.6 is 0 Å². The molecule has 0 aliphatic carbocycles. The van der Waals surface area contributed by atoms with Crippen molar-refractivity contribution in [1.29, 1.82) is 5.26 Å². The zero-order chi connectivity index (χ0) is 17.5. The van der Waals surface area contributed by atoms with Gasteiger partial charge in [-0.05, 0) is 35.9 Å². The fourth-order valence-corrected chi connectivity index (χ4v) is 3.08. The van der Waals surface area contributed by atoms with Gasteiger partial charge in [-0.2, -0.15) is 5.26 Å². The highest BCUT2D eigenvalue weighted by Crippen LogP contribution is 2.32. The van der Waals surface area contributed by atoms with E-state index in [0.717, 1.165) is 6.07 Å². The maximum atomic E-state index is 12.2. The van der Waals surface area contributed by atoms with Crippen LogP contribution in [0.5, 0.6) is 0 Å². The number of anilines is 1. The van der Waals surface area contributed by atoms with Gasteiger partial charge in [-0.3, -0.25) is 9.59 Å². The standard InChI is InChI=1S/C16H11N3O4S/c17-8-10-2-1-3-11(6-10)9-19-14-5-4-12(24(18,22)23)7-13(14)15(20)16(19)21/h1-7H,9H2,(H2,18,22,23). The minimum Gasteiger partial charge on any atom is -0.300 e. The number of carbonyl (C=O) groups excluding carboxylic acids is 2. The van der Waals surface area contributed by atoms with Crippen molar-refractivity contribution in [1.82, 2.24) is 0 Å². The molecule has 1 aliphatic heterocycles. The van der Waals surface area contributed by atoms with Crippen LogP contribution in [-0.4, -0.2) is 20.1 Å². The summed E-state index contributed by atoms with van der Waals surface area (Å²) in [6, 6.07) is 12.4. The van der Waals surface area contributed by atoms with E-state index in [1.807, 2.05) is 6.07 Å². The van der Waals surface area contributed by atoms with Crippen molar-refractivity contribution in [3.05, 3.63) is 59.2 Å². The quantitative estimate of drug-likeness (QED) is 0.833. The van der Waals surface area contributed by atoms with E-state index in [-0.39, 0.29) is 17.0 Å². The van der Waals surface area contributed by atoms with Gasteiger partial charge in [0.15, 0.2) is 0 Å². The number of benzene rings is 2. The topological polar surface area (TPSA) is 121 Å². The van der Waals surface area contributed by atoms with Crippen LogP contribution in [0.25, 0.3) is 0 Å². The van der Waals surface area contributed by atoms with Gasteiger partial charge in [0.25, 0.3) is 11.7 Å². The van der Waals surface area contributed by atoms with Crippen LogP contribution in [0, 0.1) is 11.3 Å². The summed E-state index contributed by atoms with van der Waals surface area (Å²) in [5.74, 6) is -1.54. The molecule has 0 fully saturated rings. The molecule has 3 rings (SSSR count). The molecule has 24 heavy (non-hydrogen) atoms. The normalized spacial score (nSPS) is 13.8. The lowest BCUT2D eigenvalue weighted by atomic mass is 10.1. The summed E-state index contributed by atoms with van der Waals surface area (Å²) in [6.45, 7) is 0.0990. The highest BCUT2D eigenvalue weighted by atomic mass is 32.2. The first-order valence-corrected chi connectivity index (χ1v) is 8.38. The summed E-state index contributed by atoms with van der Waals surface area (Å²) < 4.78 is 22.8. The Kier molecular flexibility index (Phi) is 3.67. The highest BCUT2D eigenvalue weighted by molar-refractivity contribution is 7.89. The Morgan fingerprint density at radius 3 is 2.54 bits per heavy atom. The van der Waals surface area contributed by atoms with Crippen LogP contribution in [0.1, 0.15) is 21.5 Å². The van der Waals surface area contributed by atoms with Crippen molar-refractivity contribution >= 4 is 27.4 Å². The highest BCUT2D eigenvalue weighted by Gasteiger charge is 2.36. The Labute approximate surface area is 138 Å². The third-order valence-corrected chi connectivity index (χ3v) is 4.58. The minimum absolute atomic E-state index is 0.00274. The van der Waals surface area contributed by atoms with Gasteiger partial charge in [0, 0.05) is 0 Å². The number of sulfonamides is 1. The van der Waals surface area contributed by atoms with Crippen molar-refractivity contribution in [2.24, 2.45) is 5.14 Å². The molecule has 0 radical (unpaired) electrons. The van der Waals surface area contributed by atoms with Gasteiger partial charge in [0.05, 0.1) is 34.3 Å². The average molecular weight is 341 g/mol. The molecular weight excluding hydrogens is 330 g/mol. The molecule has 1 amide bonds. The number of primary sulfonamides is 1. The Bertz CT molecular complexity index is 1020. The van der Waals surface area contributed by atoms with E-state index in [9.17, 15) is 18.0 Å². The maximum Gasteiger partial charge on any atom is 0.299 e. The summed E-state index contributed by atoms with van der Waals surface area (Å²) >= 11 is 0. The van der Waals surface area contributed by atoms with Crippen molar-refractivity contribution in [3.8, 4) is 6.07 Å². The second-order valence-electron chi connectivity index (χ2n) is 5.26. The molecule has 0 unspecified atom stereocenters. The first kappa shape index (κ1) is 15.9. The smallest absolute Gasteiger partial charge is 0.299 e. The molecule has 0 aromatic heterocycles. The Morgan fingerprint density at radius 1 is 1.12 bits per heavy atom. The summed E-state index contributed by atoms with van der Waals surface area (Å²) in [4.78, 5) is 25.4. The average Bonchev–Trinajstić information content (AvgIpc) is 2.79. The number of rotatable bonds is 3. The molecular formula is C16H11N3O4S. The van der Waals surface area contributed by atoms with E-state index in [1.54, 1.807) is 24.3 Å². The number of nitrogens with two attached hydrogens (primary N) is 1. The molecule has 2 aromatic carbocycles. The van der Waals surface area contributed by atoms with Crippen LogP contribution in [0.15, 0.2) is 47.4 Å². The Morgan fingerprint density at radius 2 is 1.88 bits per heavy atom. The van der Waals surface area contributed by atoms with Gasteiger partial charge in [-0.15, -0.1) is 0 Å². The van der Waals surface area contributed by atoms with E-state index < -0.39 is 21.7 Å². The van der Waals surface area contributed by atoms with Crippen molar-refractivity contribution in [2.75, 3.05) is 4.90 Å². The minimum atomic E-state index is -3.97. The molecule has 1 heterocycles. The van der Waals surface area contributed by atoms with Crippen LogP contribution in [0.2, 0.25) is 0 Å². The van der Waals surface area contributed by atoms with Crippen LogP contribution < -0.4 is 10.0 Å². The molecule has 0 bridgehead atoms. The molecule has 0 saturated carbocycles. The number of Topliss-reactive ketones (excluding diaryl/α,β-unsaturated/α-hetero) is 1. The van der Waals surface area contributed by atoms with Gasteiger partial charge in [0.2, 0.25) is 10.0 Å². The zero-order valence-corrected chi connectivity index (χ0v) is 13.1. The Balaban J connectivity index is 2.02. The van der Waals surface area contributed by atoms with Crippen LogP contribution in [0.3, 0.4) is 0 Å². The van der Waals surface area contributed by atoms with E-state index in [2.05, 4.69) is 0 Å². The summed E-state index contributed by atoms with van der Waals surface area (Å²) in [6.07, 6.45) is 0. The second-order valence-corrected chi connectivity index (χ2v) is 6.82. The van der Waals surface area contributed by atoms with Crippen LogP contribution in [0.4, 0.5) is 5.69 Å². The molecule has 1 aliphatic rings. The number of ketones is 1. The fraction of sp³-hybridized carbons (Fsp3) is 0.0625. The van der Waals surface area contributed by atoms with Crippen molar-refractivity contribution < 1.29 is 18.0 Å². The van der Waals surface area contributed by atoms with Crippen LogP contribution in [-0.2, 0) is 21.4 Å². The third kappa shape index (κ3) is 2.67. The number of carbonyl (C=O) groups is 2. The number of hydrogen-bond donors (Lipinski definition) is 1. The third-order valence-electron chi connectivity index (χ3n) is 3.67. The predicted octanol–water partition coefficient (Wildman–Crippen LogP) is 0.935. The summed E-state index contributed by atoms with van der Waals surface area (Å²) in [7, 11) is -3.97. The molecule has 2 aromatic rings. The molecule has 7 nitrogen and oxygen atoms in total. The first-order valence-electron chi connectivity index (χ1n) is 6.83. The number of amides is 1. The lowest BCUT2D eigenvalue weighted by Crippen LogP contribution is -2.29. The lowest BCUT2D eigenvalue weighted by molar-refractivity contribution is -0.114. The molecule has 0 atom stereocenters. The monoisotopic (exact) mass is 341 g/mol. The fourth-order valence-electron chi connectivity index (χ4n) is 2.54. The first-order chi connectivity index (χ1) is 11.3. The number of nitrogens with zero attached hydrogens (tertiary/aromatic N) is 2. The Hall–Kier alpha value is -3.02. The van der Waals surface area contributed by atoms with Crippen molar-refractivity contribution in [3.63, 3.8) is 0 Å². The molecule has 0 spiro atoms. The van der Waals surface area contributed by atoms with E-state index in [0.29, 0.717) is 16.8 Å². The molecule has 8 heteroatoms. The molecule has 120 valence electrons. The lowest BCUT2D eigenvalue weighted by Gasteiger charge is -2.16. The zero-order valence-electron chi connectivity index (χ0n) is 12.3.